The van der Waals surface area contributed by atoms with E-state index in [0.29, 0.717) is 0 Å². The van der Waals surface area contributed by atoms with E-state index in [0.717, 1.165) is 24.8 Å². The summed E-state index contributed by atoms with van der Waals surface area (Å²) in [7, 11) is -2.98. The highest BCUT2D eigenvalue weighted by molar-refractivity contribution is 7.91. The Hall–Kier alpha value is -1.63. The summed E-state index contributed by atoms with van der Waals surface area (Å²) >= 11 is 0. The molecule has 2 heterocycles. The Morgan fingerprint density at radius 2 is 2.14 bits per heavy atom. The third-order valence-corrected chi connectivity index (χ3v) is 5.47. The molecule has 0 aromatic carbocycles. The summed E-state index contributed by atoms with van der Waals surface area (Å²) in [5, 5.41) is 3.02. The number of urea groups is 1. The molecule has 1 fully saturated rings. The molecule has 1 unspecified atom stereocenters. The first kappa shape index (κ1) is 16.7. The van der Waals surface area contributed by atoms with Gasteiger partial charge in [0, 0.05) is 25.5 Å². The van der Waals surface area contributed by atoms with Crippen molar-refractivity contribution < 1.29 is 13.2 Å². The number of rotatable bonds is 5. The average molecular weight is 325 g/mol. The number of aromatic nitrogens is 1. The van der Waals surface area contributed by atoms with Gasteiger partial charge in [0.2, 0.25) is 0 Å². The molecule has 6 nitrogen and oxygen atoms in total. The zero-order valence-electron chi connectivity index (χ0n) is 12.9. The van der Waals surface area contributed by atoms with Crippen molar-refractivity contribution in [3.05, 3.63) is 30.1 Å². The minimum absolute atomic E-state index is 0.0486. The number of unbranched alkanes of at least 4 members (excludes halogenated alkanes) is 1. The molecule has 0 saturated carbocycles. The number of hydrogen-bond donors (Lipinski definition) is 1. The maximum atomic E-state index is 12.4. The fraction of sp³-hybridized carbons (Fsp3) is 0.600. The van der Waals surface area contributed by atoms with Crippen molar-refractivity contribution in [2.45, 2.75) is 32.2 Å². The van der Waals surface area contributed by atoms with Gasteiger partial charge < -0.3 is 10.2 Å². The van der Waals surface area contributed by atoms with Crippen LogP contribution in [-0.2, 0) is 9.84 Å². The maximum Gasteiger partial charge on any atom is 0.317 e. The zero-order chi connectivity index (χ0) is 16.0. The molecule has 1 aromatic rings. The molecule has 0 bridgehead atoms. The van der Waals surface area contributed by atoms with E-state index in [1.54, 1.807) is 17.3 Å². The van der Waals surface area contributed by atoms with Crippen LogP contribution in [0, 0.1) is 0 Å². The summed E-state index contributed by atoms with van der Waals surface area (Å²) in [6.45, 7) is 2.64. The van der Waals surface area contributed by atoms with Crippen LogP contribution >= 0.6 is 0 Å². The average Bonchev–Trinajstić information content (AvgIpc) is 2.52. The third kappa shape index (κ3) is 4.69. The fourth-order valence-corrected chi connectivity index (χ4v) is 3.67. The lowest BCUT2D eigenvalue weighted by molar-refractivity contribution is 0.197. The van der Waals surface area contributed by atoms with Gasteiger partial charge in [0.15, 0.2) is 9.84 Å². The lowest BCUT2D eigenvalue weighted by Crippen LogP contribution is -2.49. The number of carbonyl (C=O) groups is 1. The van der Waals surface area contributed by atoms with E-state index in [1.165, 1.54) is 0 Å². The molecule has 1 aromatic heterocycles. The molecule has 2 rings (SSSR count). The van der Waals surface area contributed by atoms with Crippen molar-refractivity contribution in [3.63, 3.8) is 0 Å². The van der Waals surface area contributed by atoms with Gasteiger partial charge in [-0.1, -0.05) is 25.8 Å². The number of carbonyl (C=O) groups excluding carboxylic acids is 1. The van der Waals surface area contributed by atoms with Gasteiger partial charge in [0.1, 0.15) is 0 Å². The maximum absolute atomic E-state index is 12.4. The van der Waals surface area contributed by atoms with Crippen molar-refractivity contribution in [2.24, 2.45) is 0 Å². The van der Waals surface area contributed by atoms with E-state index < -0.39 is 9.84 Å². The van der Waals surface area contributed by atoms with Gasteiger partial charge in [-0.25, -0.2) is 13.2 Å². The van der Waals surface area contributed by atoms with Crippen molar-refractivity contribution in [1.82, 2.24) is 15.2 Å². The first-order valence-electron chi connectivity index (χ1n) is 7.67. The summed E-state index contributed by atoms with van der Waals surface area (Å²) in [4.78, 5) is 18.0. The molecule has 1 N–H and O–H groups in total. The van der Waals surface area contributed by atoms with Crippen LogP contribution < -0.4 is 5.32 Å². The zero-order valence-corrected chi connectivity index (χ0v) is 13.7. The number of sulfone groups is 1. The molecule has 2 amide bonds. The first-order chi connectivity index (χ1) is 10.5. The Balaban J connectivity index is 1.99. The highest BCUT2D eigenvalue weighted by Crippen LogP contribution is 2.19. The number of nitrogens with one attached hydrogen (secondary N) is 1. The summed E-state index contributed by atoms with van der Waals surface area (Å²) < 4.78 is 22.9. The van der Waals surface area contributed by atoms with Gasteiger partial charge in [0.05, 0.1) is 17.5 Å². The van der Waals surface area contributed by atoms with Crippen LogP contribution in [0.3, 0.4) is 0 Å². The van der Waals surface area contributed by atoms with E-state index in [-0.39, 0.29) is 36.7 Å². The quantitative estimate of drug-likeness (QED) is 0.894. The Bertz CT molecular complexity index is 575. The third-order valence-electron chi connectivity index (χ3n) is 3.86. The molecule has 122 valence electrons. The molecule has 22 heavy (non-hydrogen) atoms. The lowest BCUT2D eigenvalue weighted by Gasteiger charge is -2.29. The molecule has 0 radical (unpaired) electrons. The molecular formula is C15H23N3O3S. The number of nitrogens with zero attached hydrogens (tertiary/aromatic N) is 2. The predicted octanol–water partition coefficient (Wildman–Crippen LogP) is 1.75. The molecule has 1 aliphatic heterocycles. The van der Waals surface area contributed by atoms with Crippen LogP contribution in [0.25, 0.3) is 0 Å². The molecule has 1 atom stereocenters. The van der Waals surface area contributed by atoms with Crippen molar-refractivity contribution in [1.29, 1.82) is 0 Å². The van der Waals surface area contributed by atoms with E-state index >= 15 is 0 Å². The Labute approximate surface area is 131 Å². The Morgan fingerprint density at radius 1 is 1.41 bits per heavy atom. The monoisotopic (exact) mass is 325 g/mol. The van der Waals surface area contributed by atoms with Crippen LogP contribution in [0.4, 0.5) is 4.79 Å². The summed E-state index contributed by atoms with van der Waals surface area (Å²) in [6, 6.07) is 3.53. The summed E-state index contributed by atoms with van der Waals surface area (Å²) in [5.74, 6) is 0.0971. The van der Waals surface area contributed by atoms with Crippen molar-refractivity contribution in [2.75, 3.05) is 24.6 Å². The second-order valence-corrected chi connectivity index (χ2v) is 7.87. The van der Waals surface area contributed by atoms with Gasteiger partial charge in [-0.3, -0.25) is 4.98 Å². The summed E-state index contributed by atoms with van der Waals surface area (Å²) in [6.07, 6.45) is 6.38. The minimum Gasteiger partial charge on any atom is -0.331 e. The van der Waals surface area contributed by atoms with E-state index in [2.05, 4.69) is 17.2 Å². The highest BCUT2D eigenvalue weighted by Gasteiger charge is 2.26. The van der Waals surface area contributed by atoms with Crippen molar-refractivity contribution >= 4 is 15.9 Å². The van der Waals surface area contributed by atoms with Crippen molar-refractivity contribution in [3.8, 4) is 0 Å². The second kappa shape index (κ2) is 7.58. The second-order valence-electron chi connectivity index (χ2n) is 5.57. The van der Waals surface area contributed by atoms with E-state index in [4.69, 9.17) is 0 Å². The summed E-state index contributed by atoms with van der Waals surface area (Å²) in [5.41, 5.74) is 0.980. The SMILES string of the molecule is CCCCC(NC(=O)N1CCS(=O)(=O)CC1)c1cccnc1. The smallest absolute Gasteiger partial charge is 0.317 e. The number of amides is 2. The minimum atomic E-state index is -2.98. The van der Waals surface area contributed by atoms with Crippen LogP contribution in [0.2, 0.25) is 0 Å². The van der Waals surface area contributed by atoms with E-state index in [9.17, 15) is 13.2 Å². The topological polar surface area (TPSA) is 79.4 Å². The Morgan fingerprint density at radius 3 is 2.73 bits per heavy atom. The van der Waals surface area contributed by atoms with Crippen LogP contribution in [0.5, 0.6) is 0 Å². The molecule has 1 aliphatic rings. The Kier molecular flexibility index (Phi) is 5.76. The largest absolute Gasteiger partial charge is 0.331 e. The standard InChI is InChI=1S/C15H23N3O3S/c1-2-3-6-14(13-5-4-7-16-12-13)17-15(19)18-8-10-22(20,21)11-9-18/h4-5,7,12,14H,2-3,6,8-11H2,1H3,(H,17,19). The van der Waals surface area contributed by atoms with Crippen LogP contribution in [-0.4, -0.2) is 48.9 Å². The molecule has 1 saturated heterocycles. The van der Waals surface area contributed by atoms with Gasteiger partial charge in [-0.05, 0) is 18.1 Å². The van der Waals surface area contributed by atoms with Gasteiger partial charge in [-0.2, -0.15) is 0 Å². The number of hydrogen-bond acceptors (Lipinski definition) is 4. The van der Waals surface area contributed by atoms with Crippen LogP contribution in [0.15, 0.2) is 24.5 Å². The van der Waals surface area contributed by atoms with Gasteiger partial charge in [0.25, 0.3) is 0 Å². The normalized spacial score (nSPS) is 18.7. The predicted molar refractivity (Wildman–Crippen MR) is 85.3 cm³/mol. The first-order valence-corrected chi connectivity index (χ1v) is 9.50. The molecule has 7 heteroatoms. The molecular weight excluding hydrogens is 302 g/mol. The van der Waals surface area contributed by atoms with Crippen LogP contribution in [0.1, 0.15) is 37.8 Å². The lowest BCUT2D eigenvalue weighted by atomic mass is 10.0. The molecule has 0 spiro atoms. The van der Waals surface area contributed by atoms with Gasteiger partial charge in [-0.15, -0.1) is 0 Å². The van der Waals surface area contributed by atoms with Gasteiger partial charge >= 0.3 is 6.03 Å². The van der Waals surface area contributed by atoms with E-state index in [1.807, 2.05) is 12.1 Å². The number of pyridine rings is 1. The highest BCUT2D eigenvalue weighted by atomic mass is 32.2. The molecule has 0 aliphatic carbocycles. The fourth-order valence-electron chi connectivity index (χ4n) is 2.47.